The van der Waals surface area contributed by atoms with E-state index < -0.39 is 21.0 Å². The molecule has 1 heterocycles. The maximum absolute atomic E-state index is 13.0. The van der Waals surface area contributed by atoms with Gasteiger partial charge >= 0.3 is 11.1 Å². The van der Waals surface area contributed by atoms with Crippen molar-refractivity contribution in [1.82, 2.24) is 14.0 Å². The fraction of sp³-hybridized carbons (Fsp3) is 0.348. The zero-order valence-corrected chi connectivity index (χ0v) is 19.4. The number of fused-ring (bicyclic) bond motifs is 1. The average Bonchev–Trinajstić information content (AvgIpc) is 2.78. The second-order valence-electron chi connectivity index (χ2n) is 8.05. The lowest BCUT2D eigenvalue weighted by atomic mass is 10.2. The second-order valence-corrected chi connectivity index (χ2v) is 10.2. The van der Waals surface area contributed by atoms with Crippen molar-refractivity contribution in [2.45, 2.75) is 37.8 Å². The van der Waals surface area contributed by atoms with Crippen molar-refractivity contribution >= 4 is 26.8 Å². The Morgan fingerprint density at radius 3 is 2.12 bits per heavy atom. The maximum Gasteiger partial charge on any atom is 0.316 e. The number of nitrogens with zero attached hydrogens (tertiary/aromatic N) is 3. The predicted octanol–water partition coefficient (Wildman–Crippen LogP) is 1.84. The molecule has 2 aromatic carbocycles. The monoisotopic (exact) mass is 457 g/mol. The third-order valence-electron chi connectivity index (χ3n) is 5.55. The van der Waals surface area contributed by atoms with Gasteiger partial charge in [-0.1, -0.05) is 30.3 Å². The molecule has 0 atom stereocenters. The van der Waals surface area contributed by atoms with Crippen molar-refractivity contribution in [3.05, 3.63) is 74.8 Å². The summed E-state index contributed by atoms with van der Waals surface area (Å²) >= 11 is 0. The van der Waals surface area contributed by atoms with Crippen LogP contribution in [0.15, 0.2) is 63.0 Å². The van der Waals surface area contributed by atoms with Crippen molar-refractivity contribution in [1.29, 1.82) is 0 Å². The Morgan fingerprint density at radius 2 is 1.53 bits per heavy atom. The number of hydrogen-bond acceptors (Lipinski definition) is 5. The highest BCUT2D eigenvalue weighted by Gasteiger charge is 2.22. The first kappa shape index (κ1) is 23.5. The van der Waals surface area contributed by atoms with Gasteiger partial charge in [-0.2, -0.15) is 0 Å². The minimum Gasteiger partial charge on any atom is -0.336 e. The molecule has 0 spiro atoms. The molecule has 0 aliphatic rings. The molecule has 0 fully saturated rings. The molecule has 3 rings (SSSR count). The SMILES string of the molecule is CC(C)N(Cc1ccccc1)C(=O)CCS(=O)(=O)c1ccc2c(c1)n(C)c(=O)c(=O)n2C. The average molecular weight is 458 g/mol. The highest BCUT2D eigenvalue weighted by molar-refractivity contribution is 7.91. The van der Waals surface area contributed by atoms with Gasteiger partial charge in [0.15, 0.2) is 9.84 Å². The lowest BCUT2D eigenvalue weighted by molar-refractivity contribution is -0.133. The summed E-state index contributed by atoms with van der Waals surface area (Å²) in [6, 6.07) is 13.7. The quantitative estimate of drug-likeness (QED) is 0.504. The summed E-state index contributed by atoms with van der Waals surface area (Å²) in [6.07, 6.45) is -0.155. The number of carbonyl (C=O) groups is 1. The van der Waals surface area contributed by atoms with E-state index in [9.17, 15) is 22.8 Å². The molecular weight excluding hydrogens is 430 g/mol. The molecule has 0 N–H and O–H groups in total. The molecule has 0 saturated carbocycles. The van der Waals surface area contributed by atoms with E-state index in [0.29, 0.717) is 17.6 Å². The number of sulfone groups is 1. The van der Waals surface area contributed by atoms with Gasteiger partial charge in [-0.15, -0.1) is 0 Å². The van der Waals surface area contributed by atoms with Crippen LogP contribution in [0.1, 0.15) is 25.8 Å². The Balaban J connectivity index is 1.84. The molecule has 1 aromatic heterocycles. The highest BCUT2D eigenvalue weighted by atomic mass is 32.2. The second kappa shape index (κ2) is 9.12. The van der Waals surface area contributed by atoms with E-state index in [-0.39, 0.29) is 29.0 Å². The van der Waals surface area contributed by atoms with Gasteiger partial charge in [-0.25, -0.2) is 8.42 Å². The topological polar surface area (TPSA) is 98.5 Å². The van der Waals surface area contributed by atoms with Crippen LogP contribution < -0.4 is 11.1 Å². The zero-order chi connectivity index (χ0) is 23.6. The van der Waals surface area contributed by atoms with Crippen LogP contribution in [-0.4, -0.2) is 40.2 Å². The molecule has 3 aromatic rings. The van der Waals surface area contributed by atoms with Crippen LogP contribution in [0, 0.1) is 0 Å². The number of amides is 1. The number of carbonyl (C=O) groups excluding carboxylic acids is 1. The van der Waals surface area contributed by atoms with Crippen molar-refractivity contribution in [3.8, 4) is 0 Å². The number of rotatable bonds is 7. The third kappa shape index (κ3) is 4.67. The van der Waals surface area contributed by atoms with E-state index in [4.69, 9.17) is 0 Å². The number of aryl methyl sites for hydroxylation is 2. The van der Waals surface area contributed by atoms with Gasteiger partial charge in [-0.3, -0.25) is 14.4 Å². The van der Waals surface area contributed by atoms with E-state index in [1.54, 1.807) is 4.90 Å². The Hall–Kier alpha value is -3.20. The first-order chi connectivity index (χ1) is 15.0. The zero-order valence-electron chi connectivity index (χ0n) is 18.6. The number of aromatic nitrogens is 2. The highest BCUT2D eigenvalue weighted by Crippen LogP contribution is 2.19. The van der Waals surface area contributed by atoms with Crippen molar-refractivity contribution in [2.24, 2.45) is 14.1 Å². The summed E-state index contributed by atoms with van der Waals surface area (Å²) in [6.45, 7) is 4.19. The summed E-state index contributed by atoms with van der Waals surface area (Å²) in [5.41, 5.74) is 0.323. The van der Waals surface area contributed by atoms with E-state index in [0.717, 1.165) is 10.1 Å². The fourth-order valence-corrected chi connectivity index (χ4v) is 4.82. The summed E-state index contributed by atoms with van der Waals surface area (Å²) in [5, 5.41) is 0. The minimum absolute atomic E-state index is 0.00519. The molecule has 0 radical (unpaired) electrons. The standard InChI is InChI=1S/C23H27N3O5S/c1-16(2)26(15-17-8-6-5-7-9-17)21(27)12-13-32(30,31)18-10-11-19-20(14-18)25(4)23(29)22(28)24(19)3/h5-11,14,16H,12-13,15H2,1-4H3. The van der Waals surface area contributed by atoms with E-state index in [1.807, 2.05) is 44.2 Å². The van der Waals surface area contributed by atoms with Crippen molar-refractivity contribution in [2.75, 3.05) is 5.75 Å². The Kier molecular flexibility index (Phi) is 6.68. The van der Waals surface area contributed by atoms with Gasteiger partial charge in [0.2, 0.25) is 5.91 Å². The first-order valence-electron chi connectivity index (χ1n) is 10.3. The Morgan fingerprint density at radius 1 is 0.938 bits per heavy atom. The molecule has 170 valence electrons. The minimum atomic E-state index is -3.78. The van der Waals surface area contributed by atoms with Gasteiger partial charge in [0.05, 0.1) is 21.7 Å². The first-order valence-corrected chi connectivity index (χ1v) is 11.9. The summed E-state index contributed by atoms with van der Waals surface area (Å²) in [5.74, 6) is -0.599. The van der Waals surface area contributed by atoms with Gasteiger partial charge in [0.25, 0.3) is 0 Å². The lowest BCUT2D eigenvalue weighted by Crippen LogP contribution is -2.39. The predicted molar refractivity (Wildman–Crippen MR) is 123 cm³/mol. The maximum atomic E-state index is 13.0. The van der Waals surface area contributed by atoms with Crippen LogP contribution in [-0.2, 0) is 35.3 Å². The summed E-state index contributed by atoms with van der Waals surface area (Å²) in [7, 11) is -0.891. The number of benzene rings is 2. The molecule has 0 saturated heterocycles. The van der Waals surface area contributed by atoms with Gasteiger partial charge in [0, 0.05) is 33.1 Å². The van der Waals surface area contributed by atoms with Crippen LogP contribution in [0.5, 0.6) is 0 Å². The molecule has 0 aliphatic heterocycles. The molecular formula is C23H27N3O5S. The van der Waals surface area contributed by atoms with Crippen LogP contribution in [0.25, 0.3) is 11.0 Å². The van der Waals surface area contributed by atoms with Gasteiger partial charge < -0.3 is 14.0 Å². The van der Waals surface area contributed by atoms with E-state index in [2.05, 4.69) is 0 Å². The summed E-state index contributed by atoms with van der Waals surface area (Å²) < 4.78 is 28.2. The van der Waals surface area contributed by atoms with Crippen LogP contribution >= 0.6 is 0 Å². The van der Waals surface area contributed by atoms with Crippen LogP contribution in [0.3, 0.4) is 0 Å². The largest absolute Gasteiger partial charge is 0.336 e. The lowest BCUT2D eigenvalue weighted by Gasteiger charge is -2.27. The molecule has 0 aliphatic carbocycles. The molecule has 1 amide bonds. The van der Waals surface area contributed by atoms with Crippen LogP contribution in [0.4, 0.5) is 0 Å². The Bertz CT molecular complexity index is 1370. The van der Waals surface area contributed by atoms with Gasteiger partial charge in [0.1, 0.15) is 0 Å². The Labute approximate surface area is 186 Å². The van der Waals surface area contributed by atoms with E-state index >= 15 is 0 Å². The molecule has 9 heteroatoms. The fourth-order valence-electron chi connectivity index (χ4n) is 3.58. The molecule has 0 unspecified atom stereocenters. The van der Waals surface area contributed by atoms with Crippen molar-refractivity contribution in [3.63, 3.8) is 0 Å². The molecule has 32 heavy (non-hydrogen) atoms. The number of hydrogen-bond donors (Lipinski definition) is 0. The van der Waals surface area contributed by atoms with E-state index in [1.165, 1.54) is 36.9 Å². The molecule has 8 nitrogen and oxygen atoms in total. The summed E-state index contributed by atoms with van der Waals surface area (Å²) in [4.78, 5) is 38.6. The normalized spacial score (nSPS) is 11.8. The molecule has 0 bridgehead atoms. The third-order valence-corrected chi connectivity index (χ3v) is 7.26. The smallest absolute Gasteiger partial charge is 0.316 e. The van der Waals surface area contributed by atoms with Gasteiger partial charge in [-0.05, 0) is 37.6 Å². The van der Waals surface area contributed by atoms with Crippen LogP contribution in [0.2, 0.25) is 0 Å². The van der Waals surface area contributed by atoms with Crippen molar-refractivity contribution < 1.29 is 13.2 Å².